The Bertz CT molecular complexity index is 439. The molecule has 0 N–H and O–H groups in total. The Morgan fingerprint density at radius 1 is 1.21 bits per heavy atom. The van der Waals surface area contributed by atoms with Crippen LogP contribution in [0.1, 0.15) is 20.3 Å². The monoisotopic (exact) mass is 265 g/mol. The molecule has 0 radical (unpaired) electrons. The highest BCUT2D eigenvalue weighted by molar-refractivity contribution is 6.03. The first-order valence-electron chi connectivity index (χ1n) is 6.04. The second kappa shape index (κ2) is 6.78. The van der Waals surface area contributed by atoms with Crippen LogP contribution in [0.4, 0.5) is 5.69 Å². The van der Waals surface area contributed by atoms with Crippen molar-refractivity contribution in [3.8, 4) is 5.75 Å². The Morgan fingerprint density at radius 2 is 1.79 bits per heavy atom. The van der Waals surface area contributed by atoms with Crippen molar-refractivity contribution in [2.45, 2.75) is 26.4 Å². The molecule has 0 aliphatic heterocycles. The zero-order chi connectivity index (χ0) is 14.4. The van der Waals surface area contributed by atoms with E-state index in [0.29, 0.717) is 5.69 Å². The number of benzene rings is 1. The molecule has 1 aromatic carbocycles. The molecule has 19 heavy (non-hydrogen) atoms. The fourth-order valence-corrected chi connectivity index (χ4v) is 1.48. The van der Waals surface area contributed by atoms with Gasteiger partial charge in [-0.1, -0.05) is 0 Å². The first-order valence-corrected chi connectivity index (χ1v) is 6.04. The van der Waals surface area contributed by atoms with E-state index in [2.05, 4.69) is 4.74 Å². The molecule has 0 spiro atoms. The molecule has 1 rings (SSSR count). The van der Waals surface area contributed by atoms with Gasteiger partial charge in [-0.2, -0.15) is 0 Å². The fourth-order valence-electron chi connectivity index (χ4n) is 1.48. The SMILES string of the molecule is COC(=O)CC(=O)N(C)c1ccc(OC(C)C)cc1. The quantitative estimate of drug-likeness (QED) is 0.603. The smallest absolute Gasteiger partial charge is 0.315 e. The van der Waals surface area contributed by atoms with Crippen LogP contribution in [-0.2, 0) is 14.3 Å². The minimum Gasteiger partial charge on any atom is -0.491 e. The van der Waals surface area contributed by atoms with Gasteiger partial charge in [0, 0.05) is 12.7 Å². The van der Waals surface area contributed by atoms with Gasteiger partial charge in [0.1, 0.15) is 12.2 Å². The summed E-state index contributed by atoms with van der Waals surface area (Å²) in [6.07, 6.45) is -0.165. The Balaban J connectivity index is 2.69. The largest absolute Gasteiger partial charge is 0.491 e. The first-order chi connectivity index (χ1) is 8.93. The van der Waals surface area contributed by atoms with Crippen LogP contribution in [-0.4, -0.2) is 32.1 Å². The normalized spacial score (nSPS) is 10.2. The van der Waals surface area contributed by atoms with E-state index in [1.807, 2.05) is 13.8 Å². The molecule has 0 aromatic heterocycles. The zero-order valence-corrected chi connectivity index (χ0v) is 11.7. The molecule has 0 heterocycles. The average Bonchev–Trinajstić information content (AvgIpc) is 2.37. The molecule has 1 aromatic rings. The molecule has 0 aliphatic carbocycles. The van der Waals surface area contributed by atoms with Crippen LogP contribution in [0.25, 0.3) is 0 Å². The predicted molar refractivity (Wildman–Crippen MR) is 72.2 cm³/mol. The van der Waals surface area contributed by atoms with Crippen LogP contribution in [0.5, 0.6) is 5.75 Å². The Hall–Kier alpha value is -2.04. The van der Waals surface area contributed by atoms with Gasteiger partial charge in [0.2, 0.25) is 5.91 Å². The molecule has 0 fully saturated rings. The van der Waals surface area contributed by atoms with Crippen molar-refractivity contribution in [3.63, 3.8) is 0 Å². The van der Waals surface area contributed by atoms with Gasteiger partial charge in [0.25, 0.3) is 0 Å². The Labute approximate surface area is 113 Å². The van der Waals surface area contributed by atoms with Gasteiger partial charge in [0.15, 0.2) is 0 Å². The molecular formula is C14H19NO4. The number of amides is 1. The number of ether oxygens (including phenoxy) is 2. The van der Waals surface area contributed by atoms with Crippen molar-refractivity contribution in [1.82, 2.24) is 0 Å². The number of hydrogen-bond acceptors (Lipinski definition) is 4. The Kier molecular flexibility index (Phi) is 5.36. The van der Waals surface area contributed by atoms with Crippen molar-refractivity contribution in [2.24, 2.45) is 0 Å². The molecule has 104 valence electrons. The van der Waals surface area contributed by atoms with E-state index in [9.17, 15) is 9.59 Å². The molecule has 0 saturated carbocycles. The third kappa shape index (κ3) is 4.62. The maximum Gasteiger partial charge on any atom is 0.315 e. The van der Waals surface area contributed by atoms with Crippen molar-refractivity contribution < 1.29 is 19.1 Å². The van der Waals surface area contributed by atoms with Gasteiger partial charge >= 0.3 is 5.97 Å². The molecule has 0 aliphatic rings. The van der Waals surface area contributed by atoms with Crippen molar-refractivity contribution in [2.75, 3.05) is 19.1 Å². The fraction of sp³-hybridized carbons (Fsp3) is 0.429. The summed E-state index contributed by atoms with van der Waals surface area (Å²) in [5.74, 6) is -0.117. The number of nitrogens with zero attached hydrogens (tertiary/aromatic N) is 1. The average molecular weight is 265 g/mol. The van der Waals surface area contributed by atoms with E-state index in [1.54, 1.807) is 31.3 Å². The zero-order valence-electron chi connectivity index (χ0n) is 11.7. The second-order valence-corrected chi connectivity index (χ2v) is 4.37. The van der Waals surface area contributed by atoms with E-state index in [4.69, 9.17) is 4.74 Å². The Morgan fingerprint density at radius 3 is 2.26 bits per heavy atom. The number of hydrogen-bond donors (Lipinski definition) is 0. The number of esters is 1. The van der Waals surface area contributed by atoms with Crippen LogP contribution in [0, 0.1) is 0 Å². The first kappa shape index (κ1) is 15.0. The number of methoxy groups -OCH3 is 1. The van der Waals surface area contributed by atoms with E-state index < -0.39 is 5.97 Å². The van der Waals surface area contributed by atoms with Crippen LogP contribution < -0.4 is 9.64 Å². The van der Waals surface area contributed by atoms with Crippen molar-refractivity contribution >= 4 is 17.6 Å². The maximum atomic E-state index is 11.8. The summed E-state index contributed by atoms with van der Waals surface area (Å²) in [5, 5.41) is 0. The summed E-state index contributed by atoms with van der Waals surface area (Å²) < 4.78 is 9.98. The lowest BCUT2D eigenvalue weighted by Crippen LogP contribution is -2.28. The summed E-state index contributed by atoms with van der Waals surface area (Å²) in [5.41, 5.74) is 0.699. The highest BCUT2D eigenvalue weighted by atomic mass is 16.5. The van der Waals surface area contributed by atoms with E-state index >= 15 is 0 Å². The topological polar surface area (TPSA) is 55.8 Å². The third-order valence-corrected chi connectivity index (χ3v) is 2.49. The minimum atomic E-state index is -0.545. The highest BCUT2D eigenvalue weighted by Gasteiger charge is 2.15. The third-order valence-electron chi connectivity index (χ3n) is 2.49. The highest BCUT2D eigenvalue weighted by Crippen LogP contribution is 2.20. The number of carbonyl (C=O) groups is 2. The van der Waals surface area contributed by atoms with Crippen LogP contribution in [0.2, 0.25) is 0 Å². The molecule has 1 amide bonds. The van der Waals surface area contributed by atoms with Gasteiger partial charge in [-0.05, 0) is 38.1 Å². The van der Waals surface area contributed by atoms with E-state index in [1.165, 1.54) is 12.0 Å². The predicted octanol–water partition coefficient (Wildman–Crippen LogP) is 2.00. The van der Waals surface area contributed by atoms with E-state index in [-0.39, 0.29) is 18.4 Å². The molecule has 0 unspecified atom stereocenters. The maximum absolute atomic E-state index is 11.8. The summed E-state index contributed by atoms with van der Waals surface area (Å²) >= 11 is 0. The van der Waals surface area contributed by atoms with Crippen LogP contribution in [0.15, 0.2) is 24.3 Å². The van der Waals surface area contributed by atoms with Crippen LogP contribution >= 0.6 is 0 Å². The summed E-state index contributed by atoms with van der Waals surface area (Å²) in [4.78, 5) is 24.2. The van der Waals surface area contributed by atoms with Crippen LogP contribution in [0.3, 0.4) is 0 Å². The summed E-state index contributed by atoms with van der Waals surface area (Å²) in [6, 6.07) is 7.12. The lowest BCUT2D eigenvalue weighted by atomic mass is 10.2. The molecule has 0 bridgehead atoms. The van der Waals surface area contributed by atoms with Crippen molar-refractivity contribution in [3.05, 3.63) is 24.3 Å². The number of rotatable bonds is 5. The molecule has 0 saturated heterocycles. The van der Waals surface area contributed by atoms with Gasteiger partial charge < -0.3 is 14.4 Å². The molecule has 5 heteroatoms. The number of anilines is 1. The summed E-state index contributed by atoms with van der Waals surface area (Å²) in [7, 11) is 2.87. The van der Waals surface area contributed by atoms with Gasteiger partial charge in [-0.25, -0.2) is 0 Å². The van der Waals surface area contributed by atoms with E-state index in [0.717, 1.165) is 5.75 Å². The lowest BCUT2D eigenvalue weighted by molar-refractivity contribution is -0.143. The second-order valence-electron chi connectivity index (χ2n) is 4.37. The lowest BCUT2D eigenvalue weighted by Gasteiger charge is -2.17. The van der Waals surface area contributed by atoms with Crippen molar-refractivity contribution in [1.29, 1.82) is 0 Å². The summed E-state index contributed by atoms with van der Waals surface area (Å²) in [6.45, 7) is 3.89. The molecular weight excluding hydrogens is 246 g/mol. The minimum absolute atomic E-state index is 0.101. The van der Waals surface area contributed by atoms with Gasteiger partial charge in [-0.15, -0.1) is 0 Å². The van der Waals surface area contributed by atoms with Gasteiger partial charge in [0.05, 0.1) is 13.2 Å². The standard InChI is InChI=1S/C14H19NO4/c1-10(2)19-12-7-5-11(6-8-12)15(3)13(16)9-14(17)18-4/h5-8,10H,9H2,1-4H3. The number of carbonyl (C=O) groups excluding carboxylic acids is 2. The van der Waals surface area contributed by atoms with Gasteiger partial charge in [-0.3, -0.25) is 9.59 Å². The molecule has 0 atom stereocenters. The molecule has 5 nitrogen and oxygen atoms in total.